The van der Waals surface area contributed by atoms with E-state index in [-0.39, 0.29) is 0 Å². The number of fused-ring (bicyclic) bond motifs is 1. The van der Waals surface area contributed by atoms with Crippen molar-refractivity contribution in [3.8, 4) is 5.75 Å². The first kappa shape index (κ1) is 19.4. The van der Waals surface area contributed by atoms with Crippen LogP contribution in [0.1, 0.15) is 48.8 Å². The second kappa shape index (κ2) is 7.98. The molecule has 0 saturated heterocycles. The largest absolute Gasteiger partial charge is 0.489 e. The predicted molar refractivity (Wildman–Crippen MR) is 127 cm³/mol. The van der Waals surface area contributed by atoms with E-state index >= 15 is 0 Å². The Labute approximate surface area is 186 Å². The fraction of sp³-hybridized carbons (Fsp3) is 0.448. The van der Waals surface area contributed by atoms with Crippen molar-refractivity contribution in [2.24, 2.45) is 23.7 Å². The number of benzene rings is 3. The van der Waals surface area contributed by atoms with E-state index < -0.39 is 0 Å². The molecular formula is C29H33NO. The monoisotopic (exact) mass is 411 g/mol. The molecule has 4 saturated carbocycles. The first-order chi connectivity index (χ1) is 15.2. The Morgan fingerprint density at radius 1 is 0.806 bits per heavy atom. The van der Waals surface area contributed by atoms with Crippen LogP contribution in [0, 0.1) is 30.6 Å². The Kier molecular flexibility index (Phi) is 4.99. The molecule has 160 valence electrons. The van der Waals surface area contributed by atoms with Crippen molar-refractivity contribution in [2.45, 2.75) is 58.2 Å². The molecule has 2 nitrogen and oxygen atoms in total. The molecule has 1 N–H and O–H groups in total. The predicted octanol–water partition coefficient (Wildman–Crippen LogP) is 6.64. The van der Waals surface area contributed by atoms with Crippen LogP contribution in [0.2, 0.25) is 0 Å². The van der Waals surface area contributed by atoms with Gasteiger partial charge in [0.2, 0.25) is 0 Å². The number of ether oxygens (including phenoxy) is 1. The quantitative estimate of drug-likeness (QED) is 0.491. The van der Waals surface area contributed by atoms with E-state index in [1.165, 1.54) is 59.6 Å². The minimum absolute atomic E-state index is 0.621. The molecule has 4 aliphatic carbocycles. The molecule has 31 heavy (non-hydrogen) atoms. The molecular weight excluding hydrogens is 378 g/mol. The molecule has 4 bridgehead atoms. The Hall–Kier alpha value is -2.32. The van der Waals surface area contributed by atoms with Gasteiger partial charge in [0.15, 0.2) is 0 Å². The molecule has 3 aromatic rings. The SMILES string of the molecule is Cc1ccccc1COc1ccc2ccccc2c1CNC1C2CC3CC(C2)CC1C3. The van der Waals surface area contributed by atoms with Crippen molar-refractivity contribution in [3.05, 3.63) is 77.4 Å². The first-order valence-electron chi connectivity index (χ1n) is 12.2. The van der Waals surface area contributed by atoms with Gasteiger partial charge >= 0.3 is 0 Å². The number of rotatable bonds is 6. The van der Waals surface area contributed by atoms with E-state index in [4.69, 9.17) is 4.74 Å². The van der Waals surface area contributed by atoms with Crippen molar-refractivity contribution in [1.82, 2.24) is 5.32 Å². The van der Waals surface area contributed by atoms with Crippen molar-refractivity contribution < 1.29 is 4.74 Å². The zero-order valence-corrected chi connectivity index (χ0v) is 18.5. The van der Waals surface area contributed by atoms with Crippen LogP contribution in [0.25, 0.3) is 10.8 Å². The highest BCUT2D eigenvalue weighted by molar-refractivity contribution is 5.87. The summed E-state index contributed by atoms with van der Waals surface area (Å²) in [6, 6.07) is 22.3. The molecule has 7 rings (SSSR count). The summed E-state index contributed by atoms with van der Waals surface area (Å²) in [5.41, 5.74) is 3.87. The molecule has 0 radical (unpaired) electrons. The molecule has 2 heteroatoms. The van der Waals surface area contributed by atoms with Gasteiger partial charge in [-0.25, -0.2) is 0 Å². The lowest BCUT2D eigenvalue weighted by Crippen LogP contribution is -2.54. The second-order valence-corrected chi connectivity index (χ2v) is 10.3. The standard InChI is InChI=1S/C29H33NO/c1-19-6-2-3-8-23(19)18-31-28-11-10-22-7-4-5-9-26(22)27(28)17-30-29-24-13-20-12-21(15-24)16-25(29)14-20/h2-11,20-21,24-25,29-30H,12-18H2,1H3. The van der Waals surface area contributed by atoms with Crippen LogP contribution in [0.3, 0.4) is 0 Å². The van der Waals surface area contributed by atoms with Crippen LogP contribution in [-0.4, -0.2) is 6.04 Å². The van der Waals surface area contributed by atoms with Crippen LogP contribution < -0.4 is 10.1 Å². The maximum Gasteiger partial charge on any atom is 0.124 e. The summed E-state index contributed by atoms with van der Waals surface area (Å²) in [6.45, 7) is 3.68. The van der Waals surface area contributed by atoms with Gasteiger partial charge in [0.1, 0.15) is 12.4 Å². The smallest absolute Gasteiger partial charge is 0.124 e. The fourth-order valence-electron chi connectivity index (χ4n) is 7.04. The maximum atomic E-state index is 6.43. The van der Waals surface area contributed by atoms with Gasteiger partial charge in [-0.15, -0.1) is 0 Å². The summed E-state index contributed by atoms with van der Waals surface area (Å²) in [6.07, 6.45) is 7.33. The first-order valence-corrected chi connectivity index (χ1v) is 12.2. The Bertz CT molecular complexity index is 1060. The minimum Gasteiger partial charge on any atom is -0.489 e. The van der Waals surface area contributed by atoms with Gasteiger partial charge < -0.3 is 10.1 Å². The molecule has 0 spiro atoms. The van der Waals surface area contributed by atoms with Gasteiger partial charge in [-0.1, -0.05) is 54.6 Å². The molecule has 3 aromatic carbocycles. The Morgan fingerprint density at radius 3 is 2.29 bits per heavy atom. The zero-order valence-electron chi connectivity index (χ0n) is 18.5. The van der Waals surface area contributed by atoms with Gasteiger partial charge in [0.25, 0.3) is 0 Å². The Balaban J connectivity index is 1.26. The highest BCUT2D eigenvalue weighted by Crippen LogP contribution is 2.53. The highest BCUT2D eigenvalue weighted by atomic mass is 16.5. The number of nitrogens with one attached hydrogen (secondary N) is 1. The Morgan fingerprint density at radius 2 is 1.52 bits per heavy atom. The normalized spacial score (nSPS) is 28.9. The van der Waals surface area contributed by atoms with Gasteiger partial charge in [-0.3, -0.25) is 0 Å². The molecule has 0 aromatic heterocycles. The van der Waals surface area contributed by atoms with E-state index in [1.54, 1.807) is 0 Å². The van der Waals surface area contributed by atoms with Crippen LogP contribution >= 0.6 is 0 Å². The molecule has 0 aliphatic heterocycles. The summed E-state index contributed by atoms with van der Waals surface area (Å²) in [7, 11) is 0. The molecule has 0 amide bonds. The lowest BCUT2D eigenvalue weighted by Gasteiger charge is -2.54. The van der Waals surface area contributed by atoms with E-state index in [9.17, 15) is 0 Å². The lowest BCUT2D eigenvalue weighted by atomic mass is 9.54. The summed E-state index contributed by atoms with van der Waals surface area (Å²) in [5.74, 6) is 4.85. The minimum atomic E-state index is 0.621. The highest BCUT2D eigenvalue weighted by Gasteiger charge is 2.47. The maximum absolute atomic E-state index is 6.43. The van der Waals surface area contributed by atoms with Crippen LogP contribution in [0.4, 0.5) is 0 Å². The third-order valence-corrected chi connectivity index (χ3v) is 8.38. The fourth-order valence-corrected chi connectivity index (χ4v) is 7.04. The third-order valence-electron chi connectivity index (χ3n) is 8.38. The number of hydrogen-bond donors (Lipinski definition) is 1. The van der Waals surface area contributed by atoms with Crippen molar-refractivity contribution >= 4 is 10.8 Å². The van der Waals surface area contributed by atoms with Crippen molar-refractivity contribution in [3.63, 3.8) is 0 Å². The van der Waals surface area contributed by atoms with Gasteiger partial charge in [0, 0.05) is 18.2 Å². The average Bonchev–Trinajstić information content (AvgIpc) is 2.78. The van der Waals surface area contributed by atoms with Crippen molar-refractivity contribution in [2.75, 3.05) is 0 Å². The van der Waals surface area contributed by atoms with Gasteiger partial charge in [-0.05, 0) is 90.7 Å². The lowest BCUT2D eigenvalue weighted by molar-refractivity contribution is -0.0143. The van der Waals surface area contributed by atoms with Gasteiger partial charge in [0.05, 0.1) is 0 Å². The van der Waals surface area contributed by atoms with E-state index in [2.05, 4.69) is 72.9 Å². The van der Waals surface area contributed by atoms with E-state index in [1.807, 2.05) is 0 Å². The zero-order chi connectivity index (χ0) is 20.8. The van der Waals surface area contributed by atoms with Gasteiger partial charge in [-0.2, -0.15) is 0 Å². The summed E-state index contributed by atoms with van der Waals surface area (Å²) >= 11 is 0. The van der Waals surface area contributed by atoms with Crippen LogP contribution in [0.15, 0.2) is 60.7 Å². The summed E-state index contributed by atoms with van der Waals surface area (Å²) in [4.78, 5) is 0. The van der Waals surface area contributed by atoms with Crippen LogP contribution in [-0.2, 0) is 13.2 Å². The third kappa shape index (κ3) is 3.65. The molecule has 0 heterocycles. The molecule has 0 atom stereocenters. The number of hydrogen-bond acceptors (Lipinski definition) is 2. The van der Waals surface area contributed by atoms with E-state index in [0.29, 0.717) is 12.6 Å². The van der Waals surface area contributed by atoms with E-state index in [0.717, 1.165) is 36.0 Å². The van der Waals surface area contributed by atoms with Crippen LogP contribution in [0.5, 0.6) is 5.75 Å². The molecule has 4 fully saturated rings. The number of aryl methyl sites for hydroxylation is 1. The second-order valence-electron chi connectivity index (χ2n) is 10.3. The average molecular weight is 412 g/mol. The van der Waals surface area contributed by atoms with Crippen molar-refractivity contribution in [1.29, 1.82) is 0 Å². The summed E-state index contributed by atoms with van der Waals surface area (Å²) < 4.78 is 6.43. The molecule has 4 aliphatic rings. The summed E-state index contributed by atoms with van der Waals surface area (Å²) in [5, 5.41) is 6.66. The molecule has 0 unspecified atom stereocenters. The topological polar surface area (TPSA) is 21.3 Å².